The van der Waals surface area contributed by atoms with Gasteiger partial charge in [0.05, 0.1) is 11.4 Å². The van der Waals surface area contributed by atoms with Crippen molar-refractivity contribution in [1.82, 2.24) is 4.90 Å². The number of aryl methyl sites for hydroxylation is 1. The largest absolute Gasteiger partial charge is 0.484 e. The standard InChI is InChI=1S/C27H24N2O3S2/c1-18-8-6-13-23(19(18)2)28-25(30)17-32-22-12-7-11-21(14-22)15-24-26(31)29(27(33)34-24)16-20-9-4-3-5-10-20/h3-15H,16-17H2,1-2H3,(H,28,30)/b24-15-. The molecule has 3 aromatic rings. The van der Waals surface area contributed by atoms with E-state index >= 15 is 0 Å². The summed E-state index contributed by atoms with van der Waals surface area (Å²) in [4.78, 5) is 27.4. The fraction of sp³-hybridized carbons (Fsp3) is 0.148. The second-order valence-corrected chi connectivity index (χ2v) is 9.59. The molecule has 3 aromatic carbocycles. The van der Waals surface area contributed by atoms with Crippen LogP contribution in [0.5, 0.6) is 5.75 Å². The summed E-state index contributed by atoms with van der Waals surface area (Å²) in [7, 11) is 0. The zero-order chi connectivity index (χ0) is 24.1. The number of nitrogens with one attached hydrogen (secondary N) is 1. The minimum absolute atomic E-state index is 0.113. The summed E-state index contributed by atoms with van der Waals surface area (Å²) in [6.45, 7) is 4.30. The van der Waals surface area contributed by atoms with Crippen LogP contribution in [-0.2, 0) is 16.1 Å². The topological polar surface area (TPSA) is 58.6 Å². The smallest absolute Gasteiger partial charge is 0.266 e. The van der Waals surface area contributed by atoms with Crippen LogP contribution >= 0.6 is 24.0 Å². The van der Waals surface area contributed by atoms with E-state index in [1.165, 1.54) is 11.8 Å². The van der Waals surface area contributed by atoms with Gasteiger partial charge in [0.2, 0.25) is 0 Å². The molecule has 0 atom stereocenters. The average molecular weight is 489 g/mol. The lowest BCUT2D eigenvalue weighted by Crippen LogP contribution is -2.27. The highest BCUT2D eigenvalue weighted by atomic mass is 32.2. The molecule has 5 nitrogen and oxygen atoms in total. The average Bonchev–Trinajstić information content (AvgIpc) is 3.09. The first kappa shape index (κ1) is 23.7. The van der Waals surface area contributed by atoms with Crippen molar-refractivity contribution in [3.8, 4) is 5.75 Å². The number of ether oxygens (including phenoxy) is 1. The number of nitrogens with zero attached hydrogens (tertiary/aromatic N) is 1. The van der Waals surface area contributed by atoms with Crippen LogP contribution in [0.3, 0.4) is 0 Å². The van der Waals surface area contributed by atoms with E-state index in [2.05, 4.69) is 5.32 Å². The quantitative estimate of drug-likeness (QED) is 0.340. The molecule has 0 saturated carbocycles. The Labute approximate surface area is 208 Å². The second kappa shape index (κ2) is 10.7. The Morgan fingerprint density at radius 3 is 2.62 bits per heavy atom. The molecule has 172 valence electrons. The van der Waals surface area contributed by atoms with Gasteiger partial charge < -0.3 is 10.1 Å². The van der Waals surface area contributed by atoms with E-state index in [1.807, 2.05) is 74.5 Å². The molecule has 0 spiro atoms. The Bertz CT molecular complexity index is 1270. The molecule has 0 aromatic heterocycles. The lowest BCUT2D eigenvalue weighted by atomic mass is 10.1. The molecule has 1 N–H and O–H groups in total. The zero-order valence-corrected chi connectivity index (χ0v) is 20.5. The van der Waals surface area contributed by atoms with E-state index < -0.39 is 0 Å². The highest BCUT2D eigenvalue weighted by Crippen LogP contribution is 2.34. The van der Waals surface area contributed by atoms with Crippen LogP contribution in [-0.4, -0.2) is 27.6 Å². The van der Waals surface area contributed by atoms with Crippen LogP contribution in [0.2, 0.25) is 0 Å². The Balaban J connectivity index is 1.39. The number of benzene rings is 3. The van der Waals surface area contributed by atoms with Gasteiger partial charge in [0, 0.05) is 5.69 Å². The van der Waals surface area contributed by atoms with Crippen LogP contribution in [0, 0.1) is 13.8 Å². The number of amides is 2. The number of carbonyl (C=O) groups excluding carboxylic acids is 2. The normalized spacial score (nSPS) is 14.5. The Morgan fingerprint density at radius 2 is 1.82 bits per heavy atom. The monoisotopic (exact) mass is 488 g/mol. The molecule has 1 aliphatic heterocycles. The van der Waals surface area contributed by atoms with E-state index in [0.29, 0.717) is 21.5 Å². The lowest BCUT2D eigenvalue weighted by molar-refractivity contribution is -0.122. The van der Waals surface area contributed by atoms with Crippen molar-refractivity contribution in [3.63, 3.8) is 0 Å². The Morgan fingerprint density at radius 1 is 1.06 bits per heavy atom. The van der Waals surface area contributed by atoms with Crippen molar-refractivity contribution < 1.29 is 14.3 Å². The van der Waals surface area contributed by atoms with Gasteiger partial charge in [-0.2, -0.15) is 0 Å². The molecule has 2 amide bonds. The van der Waals surface area contributed by atoms with Crippen LogP contribution < -0.4 is 10.1 Å². The predicted octanol–water partition coefficient (Wildman–Crippen LogP) is 5.72. The minimum Gasteiger partial charge on any atom is -0.484 e. The number of hydrogen-bond acceptors (Lipinski definition) is 5. The summed E-state index contributed by atoms with van der Waals surface area (Å²) in [5.41, 5.74) is 4.74. The molecule has 0 radical (unpaired) electrons. The number of thioether (sulfide) groups is 1. The molecule has 0 aliphatic carbocycles. The molecule has 1 aliphatic rings. The summed E-state index contributed by atoms with van der Waals surface area (Å²) < 4.78 is 6.23. The van der Waals surface area contributed by atoms with Gasteiger partial charge in [-0.15, -0.1) is 0 Å². The molecule has 1 saturated heterocycles. The van der Waals surface area contributed by atoms with E-state index in [9.17, 15) is 9.59 Å². The summed E-state index contributed by atoms with van der Waals surface area (Å²) in [6, 6.07) is 22.8. The first-order valence-corrected chi connectivity index (χ1v) is 12.0. The molecule has 4 rings (SSSR count). The van der Waals surface area contributed by atoms with Gasteiger partial charge in [0.1, 0.15) is 10.1 Å². The lowest BCUT2D eigenvalue weighted by Gasteiger charge is -2.14. The van der Waals surface area contributed by atoms with Crippen molar-refractivity contribution >= 4 is 51.9 Å². The van der Waals surface area contributed by atoms with Crippen molar-refractivity contribution in [1.29, 1.82) is 0 Å². The highest BCUT2D eigenvalue weighted by Gasteiger charge is 2.31. The number of thiocarbonyl (C=S) groups is 1. The maximum Gasteiger partial charge on any atom is 0.266 e. The van der Waals surface area contributed by atoms with Gasteiger partial charge >= 0.3 is 0 Å². The van der Waals surface area contributed by atoms with Crippen molar-refractivity contribution in [2.45, 2.75) is 20.4 Å². The molecular weight excluding hydrogens is 464 g/mol. The first-order valence-electron chi connectivity index (χ1n) is 10.8. The predicted molar refractivity (Wildman–Crippen MR) is 142 cm³/mol. The third-order valence-corrected chi connectivity index (χ3v) is 6.84. The second-order valence-electron chi connectivity index (χ2n) is 7.91. The minimum atomic E-state index is -0.235. The maximum absolute atomic E-state index is 12.9. The van der Waals surface area contributed by atoms with Crippen LogP contribution in [0.4, 0.5) is 5.69 Å². The summed E-state index contributed by atoms with van der Waals surface area (Å²) in [5.74, 6) is 0.198. The maximum atomic E-state index is 12.9. The summed E-state index contributed by atoms with van der Waals surface area (Å²) in [6.07, 6.45) is 1.80. The van der Waals surface area contributed by atoms with E-state index in [4.69, 9.17) is 17.0 Å². The molecule has 0 unspecified atom stereocenters. The fourth-order valence-corrected chi connectivity index (χ4v) is 4.72. The molecule has 1 fully saturated rings. The number of hydrogen-bond donors (Lipinski definition) is 1. The summed E-state index contributed by atoms with van der Waals surface area (Å²) >= 11 is 6.72. The number of rotatable bonds is 7. The van der Waals surface area contributed by atoms with Gasteiger partial charge in [-0.25, -0.2) is 0 Å². The third-order valence-electron chi connectivity index (χ3n) is 5.46. The van der Waals surface area contributed by atoms with E-state index in [1.54, 1.807) is 23.1 Å². The first-order chi connectivity index (χ1) is 16.4. The molecule has 7 heteroatoms. The van der Waals surface area contributed by atoms with Gasteiger partial charge in [-0.3, -0.25) is 14.5 Å². The Hall–Kier alpha value is -3.42. The van der Waals surface area contributed by atoms with Crippen LogP contribution in [0.25, 0.3) is 6.08 Å². The summed E-state index contributed by atoms with van der Waals surface area (Å²) in [5, 5.41) is 2.89. The molecule has 0 bridgehead atoms. The molecule has 1 heterocycles. The van der Waals surface area contributed by atoms with Gasteiger partial charge in [0.25, 0.3) is 11.8 Å². The van der Waals surface area contributed by atoms with E-state index in [0.717, 1.165) is 27.9 Å². The SMILES string of the molecule is Cc1cccc(NC(=O)COc2cccc(/C=C3\SC(=S)N(Cc4ccccc4)C3=O)c2)c1C. The Kier molecular flexibility index (Phi) is 7.45. The van der Waals surface area contributed by atoms with Gasteiger partial charge in [0.15, 0.2) is 6.61 Å². The van der Waals surface area contributed by atoms with Gasteiger partial charge in [-0.05, 0) is 60.4 Å². The van der Waals surface area contributed by atoms with Crippen molar-refractivity contribution in [2.24, 2.45) is 0 Å². The van der Waals surface area contributed by atoms with Gasteiger partial charge in [-0.1, -0.05) is 78.6 Å². The molecule has 34 heavy (non-hydrogen) atoms. The highest BCUT2D eigenvalue weighted by molar-refractivity contribution is 8.26. The third kappa shape index (κ3) is 5.73. The van der Waals surface area contributed by atoms with Crippen LogP contribution in [0.1, 0.15) is 22.3 Å². The van der Waals surface area contributed by atoms with Crippen molar-refractivity contribution in [3.05, 3.63) is 100.0 Å². The van der Waals surface area contributed by atoms with E-state index in [-0.39, 0.29) is 18.4 Å². The van der Waals surface area contributed by atoms with Crippen LogP contribution in [0.15, 0.2) is 77.7 Å². The van der Waals surface area contributed by atoms with Crippen molar-refractivity contribution in [2.75, 3.05) is 11.9 Å². The fourth-order valence-electron chi connectivity index (χ4n) is 3.47. The zero-order valence-electron chi connectivity index (χ0n) is 18.9. The number of carbonyl (C=O) groups is 2. The molecular formula is C27H24N2O3S2. The number of anilines is 1.